The predicted octanol–water partition coefficient (Wildman–Crippen LogP) is 2.62. The molecule has 2 aliphatic heterocycles. The quantitative estimate of drug-likeness (QED) is 0.645. The van der Waals surface area contributed by atoms with Crippen LogP contribution in [0.4, 0.5) is 0 Å². The van der Waals surface area contributed by atoms with Gasteiger partial charge in [0, 0.05) is 13.2 Å². The van der Waals surface area contributed by atoms with E-state index in [2.05, 4.69) is 13.8 Å². The van der Waals surface area contributed by atoms with Crippen LogP contribution in [0.2, 0.25) is 0 Å². The lowest BCUT2D eigenvalue weighted by molar-refractivity contribution is -0.116. The summed E-state index contributed by atoms with van der Waals surface area (Å²) in [5.74, 6) is 0.673. The molecule has 0 aliphatic carbocycles. The van der Waals surface area contributed by atoms with Gasteiger partial charge in [0.25, 0.3) is 0 Å². The third-order valence-electron chi connectivity index (χ3n) is 3.86. The monoisotopic (exact) mass is 198 g/mol. The van der Waals surface area contributed by atoms with Crippen LogP contribution >= 0.6 is 0 Å². The van der Waals surface area contributed by atoms with E-state index in [0.717, 1.165) is 19.8 Å². The van der Waals surface area contributed by atoms with E-state index >= 15 is 0 Å². The van der Waals surface area contributed by atoms with Gasteiger partial charge in [0.2, 0.25) is 0 Å². The molecule has 2 heteroatoms. The first kappa shape index (κ1) is 10.4. The minimum absolute atomic E-state index is 0.476. The second-order valence-electron chi connectivity index (χ2n) is 5.24. The van der Waals surface area contributed by atoms with E-state index in [4.69, 9.17) is 9.47 Å². The summed E-state index contributed by atoms with van der Waals surface area (Å²) in [5.41, 5.74) is 0.476. The molecule has 2 fully saturated rings. The van der Waals surface area contributed by atoms with Gasteiger partial charge in [-0.3, -0.25) is 0 Å². The third kappa shape index (κ3) is 2.12. The molecule has 0 bridgehead atoms. The van der Waals surface area contributed by atoms with Crippen molar-refractivity contribution in [2.45, 2.75) is 45.6 Å². The van der Waals surface area contributed by atoms with E-state index in [9.17, 15) is 0 Å². The predicted molar refractivity (Wildman–Crippen MR) is 56.3 cm³/mol. The molecule has 0 N–H and O–H groups in total. The van der Waals surface area contributed by atoms with Crippen molar-refractivity contribution in [3.8, 4) is 0 Å². The van der Waals surface area contributed by atoms with Gasteiger partial charge < -0.3 is 9.47 Å². The van der Waals surface area contributed by atoms with Crippen LogP contribution in [0.15, 0.2) is 0 Å². The molecule has 0 aromatic carbocycles. The molecule has 1 atom stereocenters. The van der Waals surface area contributed by atoms with Gasteiger partial charge in [-0.15, -0.1) is 0 Å². The summed E-state index contributed by atoms with van der Waals surface area (Å²) in [6, 6.07) is 0. The maximum absolute atomic E-state index is 5.98. The molecule has 1 spiro atoms. The lowest BCUT2D eigenvalue weighted by Crippen LogP contribution is -2.41. The van der Waals surface area contributed by atoms with Gasteiger partial charge in [-0.1, -0.05) is 13.8 Å². The average molecular weight is 198 g/mol. The highest BCUT2D eigenvalue weighted by atomic mass is 16.5. The summed E-state index contributed by atoms with van der Waals surface area (Å²) in [5, 5.41) is 0. The summed E-state index contributed by atoms with van der Waals surface area (Å²) >= 11 is 0. The lowest BCUT2D eigenvalue weighted by atomic mass is 9.74. The van der Waals surface area contributed by atoms with Crippen molar-refractivity contribution >= 4 is 0 Å². The topological polar surface area (TPSA) is 18.5 Å². The van der Waals surface area contributed by atoms with E-state index in [1.807, 2.05) is 0 Å². The zero-order valence-corrected chi connectivity index (χ0v) is 9.42. The zero-order valence-electron chi connectivity index (χ0n) is 9.42. The molecule has 0 aromatic rings. The van der Waals surface area contributed by atoms with E-state index in [1.165, 1.54) is 25.7 Å². The maximum Gasteiger partial charge on any atom is 0.0598 e. The first-order chi connectivity index (χ1) is 6.72. The number of hydrogen-bond acceptors (Lipinski definition) is 2. The van der Waals surface area contributed by atoms with Crippen LogP contribution in [0, 0.1) is 11.3 Å². The molecule has 2 saturated heterocycles. The van der Waals surface area contributed by atoms with Crippen LogP contribution in [-0.4, -0.2) is 25.9 Å². The summed E-state index contributed by atoms with van der Waals surface area (Å²) in [4.78, 5) is 0. The standard InChI is InChI=1S/C12H22O2/c1-10(2)11-3-4-12(9-14-11)5-7-13-8-6-12/h10-11H,3-9H2,1-2H3. The number of hydrogen-bond donors (Lipinski definition) is 0. The normalized spacial score (nSPS) is 32.4. The van der Waals surface area contributed by atoms with Gasteiger partial charge in [0.05, 0.1) is 12.7 Å². The molecule has 82 valence electrons. The minimum Gasteiger partial charge on any atom is -0.381 e. The Morgan fingerprint density at radius 3 is 2.36 bits per heavy atom. The summed E-state index contributed by atoms with van der Waals surface area (Å²) in [6.45, 7) is 7.36. The van der Waals surface area contributed by atoms with E-state index in [0.29, 0.717) is 17.4 Å². The van der Waals surface area contributed by atoms with Crippen LogP contribution in [-0.2, 0) is 9.47 Å². The van der Waals surface area contributed by atoms with Gasteiger partial charge in [0.15, 0.2) is 0 Å². The molecule has 0 radical (unpaired) electrons. The second kappa shape index (κ2) is 4.19. The number of ether oxygens (including phenoxy) is 2. The molecule has 14 heavy (non-hydrogen) atoms. The first-order valence-electron chi connectivity index (χ1n) is 5.91. The van der Waals surface area contributed by atoms with Crippen LogP contribution < -0.4 is 0 Å². The summed E-state index contributed by atoms with van der Waals surface area (Å²) in [7, 11) is 0. The largest absolute Gasteiger partial charge is 0.381 e. The van der Waals surface area contributed by atoms with E-state index < -0.39 is 0 Å². The SMILES string of the molecule is CC(C)C1CCC2(CCOCC2)CO1. The Bertz CT molecular complexity index is 173. The molecule has 0 aromatic heterocycles. The average Bonchev–Trinajstić information content (AvgIpc) is 2.19. The van der Waals surface area contributed by atoms with Gasteiger partial charge in [-0.2, -0.15) is 0 Å². The highest BCUT2D eigenvalue weighted by Crippen LogP contribution is 2.40. The highest BCUT2D eigenvalue weighted by molar-refractivity contribution is 4.87. The molecule has 2 heterocycles. The smallest absolute Gasteiger partial charge is 0.0598 e. The molecular weight excluding hydrogens is 176 g/mol. The van der Waals surface area contributed by atoms with Crippen molar-refractivity contribution in [1.29, 1.82) is 0 Å². The number of rotatable bonds is 1. The van der Waals surface area contributed by atoms with Crippen LogP contribution in [0.1, 0.15) is 39.5 Å². The molecule has 2 aliphatic rings. The van der Waals surface area contributed by atoms with Crippen molar-refractivity contribution in [2.24, 2.45) is 11.3 Å². The van der Waals surface area contributed by atoms with Gasteiger partial charge in [-0.25, -0.2) is 0 Å². The summed E-state index contributed by atoms with van der Waals surface area (Å²) in [6.07, 6.45) is 5.51. The Balaban J connectivity index is 1.87. The molecule has 1 unspecified atom stereocenters. The first-order valence-corrected chi connectivity index (χ1v) is 5.91. The molecular formula is C12H22O2. The Kier molecular flexibility index (Phi) is 3.13. The van der Waals surface area contributed by atoms with Crippen molar-refractivity contribution in [3.05, 3.63) is 0 Å². The molecule has 2 rings (SSSR count). The summed E-state index contributed by atoms with van der Waals surface area (Å²) < 4.78 is 11.4. The Morgan fingerprint density at radius 2 is 1.86 bits per heavy atom. The Morgan fingerprint density at radius 1 is 1.14 bits per heavy atom. The molecule has 2 nitrogen and oxygen atoms in total. The van der Waals surface area contributed by atoms with Gasteiger partial charge in [0.1, 0.15) is 0 Å². The van der Waals surface area contributed by atoms with Crippen molar-refractivity contribution in [3.63, 3.8) is 0 Å². The lowest BCUT2D eigenvalue weighted by Gasteiger charge is -2.43. The van der Waals surface area contributed by atoms with Crippen molar-refractivity contribution in [1.82, 2.24) is 0 Å². The van der Waals surface area contributed by atoms with Crippen LogP contribution in [0.5, 0.6) is 0 Å². The third-order valence-corrected chi connectivity index (χ3v) is 3.86. The van der Waals surface area contributed by atoms with Crippen LogP contribution in [0.3, 0.4) is 0 Å². The zero-order chi connectivity index (χ0) is 10.0. The van der Waals surface area contributed by atoms with Crippen molar-refractivity contribution in [2.75, 3.05) is 19.8 Å². The van der Waals surface area contributed by atoms with Crippen LogP contribution in [0.25, 0.3) is 0 Å². The van der Waals surface area contributed by atoms with Crippen molar-refractivity contribution < 1.29 is 9.47 Å². The molecule has 0 amide bonds. The van der Waals surface area contributed by atoms with E-state index in [-0.39, 0.29) is 0 Å². The van der Waals surface area contributed by atoms with Gasteiger partial charge >= 0.3 is 0 Å². The highest BCUT2D eigenvalue weighted by Gasteiger charge is 2.37. The molecule has 0 saturated carbocycles. The fourth-order valence-corrected chi connectivity index (χ4v) is 2.61. The minimum atomic E-state index is 0.476. The van der Waals surface area contributed by atoms with Gasteiger partial charge in [-0.05, 0) is 37.0 Å². The second-order valence-corrected chi connectivity index (χ2v) is 5.24. The van der Waals surface area contributed by atoms with E-state index in [1.54, 1.807) is 0 Å². The fourth-order valence-electron chi connectivity index (χ4n) is 2.61. The fraction of sp³-hybridized carbons (Fsp3) is 1.00. The maximum atomic E-state index is 5.98. The Labute approximate surface area is 87.0 Å². The Hall–Kier alpha value is -0.0800.